The SMILES string of the molecule is Cc1sc(-c2ccccc2)nc1C1C(=O)NC(C)(C)C1=O. The lowest BCUT2D eigenvalue weighted by molar-refractivity contribution is -0.125. The van der Waals surface area contributed by atoms with E-state index in [1.165, 1.54) is 11.3 Å². The number of amides is 1. The minimum Gasteiger partial charge on any atom is -0.343 e. The summed E-state index contributed by atoms with van der Waals surface area (Å²) in [7, 11) is 0. The van der Waals surface area contributed by atoms with E-state index >= 15 is 0 Å². The number of rotatable bonds is 2. The normalized spacial score (nSPS) is 20.6. The van der Waals surface area contributed by atoms with Gasteiger partial charge in [-0.2, -0.15) is 0 Å². The standard InChI is InChI=1S/C16H16N2O2S/c1-9-12(11-13(19)16(2,3)18-14(11)20)17-15(21-9)10-7-5-4-6-8-10/h4-8,11H,1-3H3,(H,18,20). The Balaban J connectivity index is 2.03. The lowest BCUT2D eigenvalue weighted by atomic mass is 9.92. The van der Waals surface area contributed by atoms with Crippen molar-refractivity contribution in [3.05, 3.63) is 40.9 Å². The van der Waals surface area contributed by atoms with Gasteiger partial charge in [-0.1, -0.05) is 30.3 Å². The maximum atomic E-state index is 12.4. The second-order valence-electron chi connectivity index (χ2n) is 5.74. The highest BCUT2D eigenvalue weighted by Gasteiger charge is 2.48. The number of ketones is 1. The molecular weight excluding hydrogens is 284 g/mol. The van der Waals surface area contributed by atoms with Gasteiger partial charge in [-0.05, 0) is 20.8 Å². The third kappa shape index (κ3) is 2.27. The van der Waals surface area contributed by atoms with Gasteiger partial charge in [0.15, 0.2) is 5.78 Å². The van der Waals surface area contributed by atoms with E-state index in [1.54, 1.807) is 13.8 Å². The predicted octanol–water partition coefficient (Wildman–Crippen LogP) is 2.68. The summed E-state index contributed by atoms with van der Waals surface area (Å²) in [5.41, 5.74) is 0.777. The van der Waals surface area contributed by atoms with Gasteiger partial charge in [-0.25, -0.2) is 4.98 Å². The predicted molar refractivity (Wildman–Crippen MR) is 82.3 cm³/mol. The van der Waals surface area contributed by atoms with E-state index in [2.05, 4.69) is 10.3 Å². The van der Waals surface area contributed by atoms with Crippen LogP contribution in [0.2, 0.25) is 0 Å². The smallest absolute Gasteiger partial charge is 0.237 e. The molecule has 1 aliphatic heterocycles. The number of benzene rings is 1. The first kappa shape index (κ1) is 13.9. The summed E-state index contributed by atoms with van der Waals surface area (Å²) < 4.78 is 0. The first-order valence-corrected chi connectivity index (χ1v) is 7.61. The number of hydrogen-bond acceptors (Lipinski definition) is 4. The average Bonchev–Trinajstić information content (AvgIpc) is 2.90. The molecule has 2 heterocycles. The molecule has 1 aromatic heterocycles. The molecule has 4 nitrogen and oxygen atoms in total. The van der Waals surface area contributed by atoms with Gasteiger partial charge < -0.3 is 5.32 Å². The third-order valence-corrected chi connectivity index (χ3v) is 4.74. The van der Waals surface area contributed by atoms with E-state index in [1.807, 2.05) is 37.3 Å². The molecule has 1 aromatic carbocycles. The van der Waals surface area contributed by atoms with Crippen molar-refractivity contribution in [2.24, 2.45) is 0 Å². The Labute approximate surface area is 127 Å². The number of hydrogen-bond donors (Lipinski definition) is 1. The first-order valence-electron chi connectivity index (χ1n) is 6.79. The van der Waals surface area contributed by atoms with Crippen LogP contribution in [0.4, 0.5) is 0 Å². The van der Waals surface area contributed by atoms with E-state index in [0.717, 1.165) is 15.4 Å². The third-order valence-electron chi connectivity index (χ3n) is 3.70. The molecule has 108 valence electrons. The molecule has 0 bridgehead atoms. The van der Waals surface area contributed by atoms with Gasteiger partial charge in [-0.15, -0.1) is 11.3 Å². The van der Waals surface area contributed by atoms with Gasteiger partial charge in [0.1, 0.15) is 10.9 Å². The molecule has 0 radical (unpaired) electrons. The Bertz CT molecular complexity index is 719. The number of nitrogens with zero attached hydrogens (tertiary/aromatic N) is 1. The van der Waals surface area contributed by atoms with Crippen molar-refractivity contribution in [1.29, 1.82) is 0 Å². The molecule has 5 heteroatoms. The zero-order valence-corrected chi connectivity index (χ0v) is 13.0. The van der Waals surface area contributed by atoms with Gasteiger partial charge in [0.05, 0.1) is 11.2 Å². The molecule has 0 spiro atoms. The Kier molecular flexibility index (Phi) is 3.17. The van der Waals surface area contributed by atoms with Crippen LogP contribution in [0.5, 0.6) is 0 Å². The summed E-state index contributed by atoms with van der Waals surface area (Å²) in [6.45, 7) is 5.37. The number of nitrogens with one attached hydrogen (secondary N) is 1. The van der Waals surface area contributed by atoms with Crippen molar-refractivity contribution in [2.75, 3.05) is 0 Å². The van der Waals surface area contributed by atoms with E-state index in [-0.39, 0.29) is 11.7 Å². The maximum Gasteiger partial charge on any atom is 0.237 e. The second-order valence-corrected chi connectivity index (χ2v) is 6.94. The Hall–Kier alpha value is -2.01. The minimum absolute atomic E-state index is 0.111. The maximum absolute atomic E-state index is 12.4. The number of Topliss-reactive ketones (excluding diaryl/α,β-unsaturated/α-hetero) is 1. The highest BCUT2D eigenvalue weighted by atomic mass is 32.1. The number of aryl methyl sites for hydroxylation is 1. The van der Waals surface area contributed by atoms with E-state index in [0.29, 0.717) is 5.69 Å². The molecule has 1 aliphatic rings. The van der Waals surface area contributed by atoms with Crippen LogP contribution in [0.15, 0.2) is 30.3 Å². The van der Waals surface area contributed by atoms with Crippen molar-refractivity contribution < 1.29 is 9.59 Å². The van der Waals surface area contributed by atoms with Crippen molar-refractivity contribution in [1.82, 2.24) is 10.3 Å². The summed E-state index contributed by atoms with van der Waals surface area (Å²) in [6.07, 6.45) is 0. The molecule has 1 atom stereocenters. The monoisotopic (exact) mass is 300 g/mol. The van der Waals surface area contributed by atoms with Crippen LogP contribution in [0.1, 0.15) is 30.3 Å². The highest BCUT2D eigenvalue weighted by Crippen LogP contribution is 2.35. The molecule has 21 heavy (non-hydrogen) atoms. The van der Waals surface area contributed by atoms with Gasteiger partial charge in [0, 0.05) is 10.4 Å². The Morgan fingerprint density at radius 2 is 1.86 bits per heavy atom. The van der Waals surface area contributed by atoms with Crippen LogP contribution >= 0.6 is 11.3 Å². The molecule has 0 saturated carbocycles. The molecule has 1 fully saturated rings. The second kappa shape index (κ2) is 4.77. The van der Waals surface area contributed by atoms with Crippen LogP contribution in [0, 0.1) is 6.92 Å². The van der Waals surface area contributed by atoms with Crippen LogP contribution in [0.3, 0.4) is 0 Å². The molecular formula is C16H16N2O2S. The molecule has 1 amide bonds. The lowest BCUT2D eigenvalue weighted by Gasteiger charge is -2.14. The van der Waals surface area contributed by atoms with Crippen molar-refractivity contribution in [2.45, 2.75) is 32.2 Å². The summed E-state index contributed by atoms with van der Waals surface area (Å²) in [6, 6.07) is 9.79. The van der Waals surface area contributed by atoms with Crippen LogP contribution in [-0.4, -0.2) is 22.2 Å². The number of thiazole rings is 1. The fourth-order valence-electron chi connectivity index (χ4n) is 2.55. The molecule has 1 unspecified atom stereocenters. The largest absolute Gasteiger partial charge is 0.343 e. The highest BCUT2D eigenvalue weighted by molar-refractivity contribution is 7.15. The first-order chi connectivity index (χ1) is 9.90. The fourth-order valence-corrected chi connectivity index (χ4v) is 3.51. The summed E-state index contributed by atoms with van der Waals surface area (Å²) in [5, 5.41) is 3.58. The van der Waals surface area contributed by atoms with E-state index in [4.69, 9.17) is 0 Å². The molecule has 1 saturated heterocycles. The van der Waals surface area contributed by atoms with Crippen LogP contribution in [0.25, 0.3) is 10.6 Å². The topological polar surface area (TPSA) is 59.1 Å². The molecule has 0 aliphatic carbocycles. The number of carbonyl (C=O) groups excluding carboxylic acids is 2. The van der Waals surface area contributed by atoms with Gasteiger partial charge in [0.25, 0.3) is 0 Å². The van der Waals surface area contributed by atoms with E-state index < -0.39 is 11.5 Å². The summed E-state index contributed by atoms with van der Waals surface area (Å²) >= 11 is 1.52. The van der Waals surface area contributed by atoms with E-state index in [9.17, 15) is 9.59 Å². The van der Waals surface area contributed by atoms with Crippen LogP contribution in [-0.2, 0) is 9.59 Å². The van der Waals surface area contributed by atoms with Gasteiger partial charge in [-0.3, -0.25) is 9.59 Å². The molecule has 1 N–H and O–H groups in total. The quantitative estimate of drug-likeness (QED) is 0.868. The van der Waals surface area contributed by atoms with Crippen molar-refractivity contribution in [3.8, 4) is 10.6 Å². The van der Waals surface area contributed by atoms with Gasteiger partial charge in [0.2, 0.25) is 5.91 Å². The Morgan fingerprint density at radius 3 is 2.43 bits per heavy atom. The molecule has 2 aromatic rings. The zero-order chi connectivity index (χ0) is 15.2. The van der Waals surface area contributed by atoms with Crippen molar-refractivity contribution >= 4 is 23.0 Å². The average molecular weight is 300 g/mol. The summed E-state index contributed by atoms with van der Waals surface area (Å²) in [4.78, 5) is 30.0. The number of carbonyl (C=O) groups is 2. The summed E-state index contributed by atoms with van der Waals surface area (Å²) in [5.74, 6) is -1.15. The number of aromatic nitrogens is 1. The lowest BCUT2D eigenvalue weighted by Crippen LogP contribution is -2.39. The minimum atomic E-state index is -0.815. The Morgan fingerprint density at radius 1 is 1.19 bits per heavy atom. The zero-order valence-electron chi connectivity index (χ0n) is 12.1. The van der Waals surface area contributed by atoms with Crippen molar-refractivity contribution in [3.63, 3.8) is 0 Å². The molecule has 3 rings (SSSR count). The fraction of sp³-hybridized carbons (Fsp3) is 0.312. The van der Waals surface area contributed by atoms with Gasteiger partial charge >= 0.3 is 0 Å². The van der Waals surface area contributed by atoms with Crippen LogP contribution < -0.4 is 5.32 Å².